The summed E-state index contributed by atoms with van der Waals surface area (Å²) < 4.78 is 11.2. The highest BCUT2D eigenvalue weighted by atomic mass is 16.7. The van der Waals surface area contributed by atoms with Crippen LogP contribution in [0.4, 0.5) is 0 Å². The summed E-state index contributed by atoms with van der Waals surface area (Å²) >= 11 is 0. The van der Waals surface area contributed by atoms with Crippen molar-refractivity contribution < 1.29 is 19.4 Å². The summed E-state index contributed by atoms with van der Waals surface area (Å²) in [6, 6.07) is 0. The third-order valence-electron chi connectivity index (χ3n) is 5.61. The lowest BCUT2D eigenvalue weighted by atomic mass is 10.0. The Hall–Kier alpha value is -0.650. The molecular weight excluding hydrogens is 378 g/mol. The molecule has 0 unspecified atom stereocenters. The average molecular weight is 430 g/mol. The minimum atomic E-state index is -0.802. The number of ether oxygens (including phenoxy) is 2. The molecule has 0 radical (unpaired) electrons. The van der Waals surface area contributed by atoms with E-state index in [-0.39, 0.29) is 25.7 Å². The van der Waals surface area contributed by atoms with Crippen molar-refractivity contribution in [1.29, 1.82) is 0 Å². The molecule has 1 aliphatic rings. The molecule has 2 N–H and O–H groups in total. The van der Waals surface area contributed by atoms with Gasteiger partial charge < -0.3 is 19.9 Å². The fraction of sp³-hybridized carbons (Fsp3) is 0.960. The van der Waals surface area contributed by atoms with Crippen molar-refractivity contribution in [3.63, 3.8) is 0 Å². The number of unbranched alkanes of at least 4 members (excludes halogenated alkanes) is 12. The second-order valence-electron chi connectivity index (χ2n) is 8.96. The van der Waals surface area contributed by atoms with E-state index < -0.39 is 11.3 Å². The molecule has 0 aliphatic carbocycles. The number of aliphatic hydroxyl groups is 1. The summed E-state index contributed by atoms with van der Waals surface area (Å²) in [7, 11) is 0. The second kappa shape index (κ2) is 18.0. The van der Waals surface area contributed by atoms with Gasteiger partial charge in [-0.15, -0.1) is 0 Å². The monoisotopic (exact) mass is 429 g/mol. The van der Waals surface area contributed by atoms with Gasteiger partial charge >= 0.3 is 0 Å². The van der Waals surface area contributed by atoms with Crippen molar-refractivity contribution in [3.8, 4) is 0 Å². The van der Waals surface area contributed by atoms with Crippen LogP contribution < -0.4 is 5.32 Å². The van der Waals surface area contributed by atoms with E-state index in [0.29, 0.717) is 6.42 Å². The zero-order chi connectivity index (χ0) is 22.7. The summed E-state index contributed by atoms with van der Waals surface area (Å²) in [4.78, 5) is 12.2. The number of carbonyl (C=O) groups is 1. The van der Waals surface area contributed by atoms with Gasteiger partial charge in [-0.05, 0) is 20.3 Å². The van der Waals surface area contributed by atoms with Crippen molar-refractivity contribution in [3.05, 3.63) is 0 Å². The molecule has 30 heavy (non-hydrogen) atoms. The Morgan fingerprint density at radius 1 is 0.800 bits per heavy atom. The van der Waals surface area contributed by atoms with Gasteiger partial charge in [0.1, 0.15) is 5.54 Å². The third-order valence-corrected chi connectivity index (χ3v) is 5.61. The van der Waals surface area contributed by atoms with E-state index in [2.05, 4.69) is 12.2 Å². The lowest BCUT2D eigenvalue weighted by molar-refractivity contribution is -0.274. The Morgan fingerprint density at radius 2 is 1.20 bits per heavy atom. The van der Waals surface area contributed by atoms with Gasteiger partial charge in [0, 0.05) is 6.42 Å². The van der Waals surface area contributed by atoms with Gasteiger partial charge in [-0.1, -0.05) is 97.8 Å². The van der Waals surface area contributed by atoms with Crippen LogP contribution in [-0.2, 0) is 14.3 Å². The molecule has 1 saturated heterocycles. The Balaban J connectivity index is 0.00000407. The molecule has 0 aromatic heterocycles. The van der Waals surface area contributed by atoms with Gasteiger partial charge in [-0.3, -0.25) is 4.79 Å². The molecule has 1 amide bonds. The van der Waals surface area contributed by atoms with Gasteiger partial charge in [0.15, 0.2) is 5.79 Å². The molecule has 0 aromatic rings. The van der Waals surface area contributed by atoms with Crippen molar-refractivity contribution in [2.75, 3.05) is 19.8 Å². The predicted molar refractivity (Wildman–Crippen MR) is 126 cm³/mol. The number of hydrogen-bond donors (Lipinski definition) is 2. The largest absolute Gasteiger partial charge is 0.394 e. The maximum Gasteiger partial charge on any atom is 0.220 e. The van der Waals surface area contributed by atoms with E-state index in [1.54, 1.807) is 0 Å². The van der Waals surface area contributed by atoms with Crippen LogP contribution in [0.25, 0.3) is 0 Å². The molecule has 0 bridgehead atoms. The smallest absolute Gasteiger partial charge is 0.220 e. The van der Waals surface area contributed by atoms with E-state index in [9.17, 15) is 9.90 Å². The predicted octanol–water partition coefficient (Wildman–Crippen LogP) is 6.12. The molecular formula is C25H51NO4. The lowest BCUT2D eigenvalue weighted by Gasteiger charge is -2.42. The van der Waals surface area contributed by atoms with E-state index >= 15 is 0 Å². The summed E-state index contributed by atoms with van der Waals surface area (Å²) in [5.74, 6) is -0.678. The van der Waals surface area contributed by atoms with Crippen LogP contribution in [0.15, 0.2) is 0 Å². The minimum Gasteiger partial charge on any atom is -0.394 e. The average Bonchev–Trinajstić information content (AvgIpc) is 2.74. The van der Waals surface area contributed by atoms with Crippen LogP contribution in [-0.4, -0.2) is 42.2 Å². The molecule has 0 atom stereocenters. The van der Waals surface area contributed by atoms with E-state index in [0.717, 1.165) is 12.8 Å². The molecule has 1 fully saturated rings. The summed E-state index contributed by atoms with van der Waals surface area (Å²) in [5, 5.41) is 12.6. The molecule has 1 rings (SSSR count). The number of rotatable bonds is 16. The van der Waals surface area contributed by atoms with E-state index in [4.69, 9.17) is 9.47 Å². The first kappa shape index (κ1) is 29.4. The first-order valence-corrected chi connectivity index (χ1v) is 12.6. The molecule has 1 aliphatic heterocycles. The van der Waals surface area contributed by atoms with Gasteiger partial charge in [0.2, 0.25) is 5.91 Å². The van der Waals surface area contributed by atoms with Crippen LogP contribution in [0.1, 0.15) is 125 Å². The van der Waals surface area contributed by atoms with Crippen LogP contribution in [0.5, 0.6) is 0 Å². The number of amides is 1. The first-order valence-electron chi connectivity index (χ1n) is 12.6. The fourth-order valence-corrected chi connectivity index (χ4v) is 3.57. The van der Waals surface area contributed by atoms with Crippen molar-refractivity contribution >= 4 is 5.91 Å². The maximum atomic E-state index is 12.2. The second-order valence-corrected chi connectivity index (χ2v) is 8.96. The zero-order valence-electron chi connectivity index (χ0n) is 20.7. The summed E-state index contributed by atoms with van der Waals surface area (Å²) in [6.45, 7) is 10.3. The zero-order valence-corrected chi connectivity index (χ0v) is 20.7. The maximum absolute atomic E-state index is 12.2. The van der Waals surface area contributed by atoms with E-state index in [1.165, 1.54) is 70.6 Å². The standard InChI is InChI=1S/C23H45NO4.C2H6/c1-4-5-6-7-8-9-10-11-12-13-14-15-16-17-21(26)24-23(18-25)19-27-22(2,3)28-20-23;1-2/h25H,4-20H2,1-3H3,(H,24,26);1-2H3. The third kappa shape index (κ3) is 14.4. The SMILES string of the molecule is CC.CCCCCCCCCCCCCCCC(=O)NC1(CO)COC(C)(C)OC1. The van der Waals surface area contributed by atoms with Crippen LogP contribution in [0.3, 0.4) is 0 Å². The molecule has 0 aromatic carbocycles. The highest BCUT2D eigenvalue weighted by Crippen LogP contribution is 2.23. The number of nitrogens with one attached hydrogen (secondary N) is 1. The van der Waals surface area contributed by atoms with Crippen LogP contribution >= 0.6 is 0 Å². The van der Waals surface area contributed by atoms with Gasteiger partial charge in [-0.25, -0.2) is 0 Å². The molecule has 5 heteroatoms. The molecule has 5 nitrogen and oxygen atoms in total. The minimum absolute atomic E-state index is 0.0240. The molecule has 180 valence electrons. The van der Waals surface area contributed by atoms with Crippen molar-refractivity contribution in [2.24, 2.45) is 0 Å². The number of aliphatic hydroxyl groups excluding tert-OH is 1. The van der Waals surface area contributed by atoms with Crippen molar-refractivity contribution in [1.82, 2.24) is 5.32 Å². The normalized spacial score (nSPS) is 17.1. The number of hydrogen-bond acceptors (Lipinski definition) is 4. The van der Waals surface area contributed by atoms with Gasteiger partial charge in [-0.2, -0.15) is 0 Å². The number of carbonyl (C=O) groups excluding carboxylic acids is 1. The fourth-order valence-electron chi connectivity index (χ4n) is 3.57. The topological polar surface area (TPSA) is 67.8 Å². The quantitative estimate of drug-likeness (QED) is 0.290. The Bertz CT molecular complexity index is 402. The Labute approximate surface area is 186 Å². The molecule has 0 spiro atoms. The highest BCUT2D eigenvalue weighted by molar-refractivity contribution is 5.76. The highest BCUT2D eigenvalue weighted by Gasteiger charge is 2.40. The Kier molecular flexibility index (Phi) is 17.6. The van der Waals surface area contributed by atoms with E-state index in [1.807, 2.05) is 27.7 Å². The van der Waals surface area contributed by atoms with Crippen LogP contribution in [0, 0.1) is 0 Å². The molecule has 0 saturated carbocycles. The van der Waals surface area contributed by atoms with Gasteiger partial charge in [0.25, 0.3) is 0 Å². The summed E-state index contributed by atoms with van der Waals surface area (Å²) in [5.41, 5.74) is -0.802. The molecule has 1 heterocycles. The Morgan fingerprint density at radius 3 is 1.60 bits per heavy atom. The summed E-state index contributed by atoms with van der Waals surface area (Å²) in [6.07, 6.45) is 17.3. The van der Waals surface area contributed by atoms with Crippen molar-refractivity contribution in [2.45, 2.75) is 136 Å². The lowest BCUT2D eigenvalue weighted by Crippen LogP contribution is -2.63. The first-order chi connectivity index (χ1) is 14.4. The van der Waals surface area contributed by atoms with Gasteiger partial charge in [0.05, 0.1) is 19.8 Å². The van der Waals surface area contributed by atoms with Crippen LogP contribution in [0.2, 0.25) is 0 Å².